The number of cyclic esters (lactones) is 1. The molecule has 0 spiro atoms. The van der Waals surface area contributed by atoms with E-state index in [1.807, 2.05) is 14.1 Å². The molecule has 1 aliphatic heterocycles. The van der Waals surface area contributed by atoms with Crippen molar-refractivity contribution in [1.82, 2.24) is 9.88 Å². The number of fused-ring (bicyclic) bond motifs is 1. The fourth-order valence-corrected chi connectivity index (χ4v) is 1.46. The normalized spacial score (nSPS) is 16.5. The second-order valence-corrected chi connectivity index (χ2v) is 3.76. The van der Waals surface area contributed by atoms with E-state index in [9.17, 15) is 4.79 Å². The lowest BCUT2D eigenvalue weighted by Crippen LogP contribution is -2.03. The number of nitrogens with zero attached hydrogens (tertiary/aromatic N) is 2. The molecule has 0 amide bonds. The van der Waals surface area contributed by atoms with Gasteiger partial charge in [-0.25, -0.2) is 9.78 Å². The first-order valence-electron chi connectivity index (χ1n) is 4.35. The molecule has 0 N–H and O–H groups in total. The number of carbonyl (C=O) groups is 1. The molecule has 0 aliphatic carbocycles. The van der Waals surface area contributed by atoms with Gasteiger partial charge in [0.2, 0.25) is 0 Å². The predicted octanol–water partition coefficient (Wildman–Crippen LogP) is 1.77. The third-order valence-corrected chi connectivity index (χ3v) is 2.10. The summed E-state index contributed by atoms with van der Waals surface area (Å²) in [5, 5.41) is 0.344. The maximum absolute atomic E-state index is 11.4. The van der Waals surface area contributed by atoms with E-state index < -0.39 is 0 Å². The number of aromatic nitrogens is 1. The molecule has 0 bridgehead atoms. The molecule has 0 radical (unpaired) electrons. The van der Waals surface area contributed by atoms with Crippen LogP contribution < -0.4 is 0 Å². The second kappa shape index (κ2) is 3.55. The molecule has 2 heterocycles. The van der Waals surface area contributed by atoms with Gasteiger partial charge in [-0.15, -0.1) is 0 Å². The van der Waals surface area contributed by atoms with E-state index in [0.29, 0.717) is 22.2 Å². The third-order valence-electron chi connectivity index (χ3n) is 1.89. The van der Waals surface area contributed by atoms with Crippen LogP contribution in [0, 0.1) is 0 Å². The quantitative estimate of drug-likeness (QED) is 0.539. The van der Waals surface area contributed by atoms with Crippen LogP contribution in [0.2, 0.25) is 5.15 Å². The van der Waals surface area contributed by atoms with Crippen LogP contribution in [0.3, 0.4) is 0 Å². The highest BCUT2D eigenvalue weighted by Gasteiger charge is 2.28. The number of hydrogen-bond donors (Lipinski definition) is 0. The Morgan fingerprint density at radius 2 is 2.20 bits per heavy atom. The third kappa shape index (κ3) is 1.80. The molecule has 4 nitrogen and oxygen atoms in total. The zero-order valence-corrected chi connectivity index (χ0v) is 9.08. The van der Waals surface area contributed by atoms with E-state index in [0.717, 1.165) is 0 Å². The van der Waals surface area contributed by atoms with Gasteiger partial charge in [0.25, 0.3) is 0 Å². The van der Waals surface area contributed by atoms with Gasteiger partial charge in [0.05, 0.1) is 5.56 Å². The zero-order chi connectivity index (χ0) is 11.0. The number of hydrogen-bond acceptors (Lipinski definition) is 4. The van der Waals surface area contributed by atoms with Crippen molar-refractivity contribution in [3.8, 4) is 0 Å². The maximum Gasteiger partial charge on any atom is 0.346 e. The molecular formula is C10H9ClN2O2. The van der Waals surface area contributed by atoms with Gasteiger partial charge in [-0.1, -0.05) is 11.6 Å². The van der Waals surface area contributed by atoms with Crippen LogP contribution in [0.5, 0.6) is 0 Å². The van der Waals surface area contributed by atoms with Crippen LogP contribution in [0.4, 0.5) is 0 Å². The number of pyridine rings is 1. The first-order chi connectivity index (χ1) is 7.08. The summed E-state index contributed by atoms with van der Waals surface area (Å²) in [5.74, 6) is 0.0461. The van der Waals surface area contributed by atoms with Gasteiger partial charge in [0.15, 0.2) is 5.76 Å². The lowest BCUT2D eigenvalue weighted by molar-refractivity contribution is 0.0714. The van der Waals surface area contributed by atoms with Gasteiger partial charge < -0.3 is 9.64 Å². The second-order valence-electron chi connectivity index (χ2n) is 3.38. The van der Waals surface area contributed by atoms with Gasteiger partial charge >= 0.3 is 5.97 Å². The van der Waals surface area contributed by atoms with Crippen molar-refractivity contribution in [1.29, 1.82) is 0 Å². The van der Waals surface area contributed by atoms with Gasteiger partial charge in [-0.05, 0) is 12.1 Å². The van der Waals surface area contributed by atoms with E-state index in [2.05, 4.69) is 4.98 Å². The highest BCUT2D eigenvalue weighted by atomic mass is 35.5. The van der Waals surface area contributed by atoms with Crippen LogP contribution in [-0.2, 0) is 4.74 Å². The Morgan fingerprint density at radius 3 is 2.87 bits per heavy atom. The van der Waals surface area contributed by atoms with Crippen LogP contribution in [0.1, 0.15) is 16.1 Å². The lowest BCUT2D eigenvalue weighted by Gasteiger charge is -2.05. The summed E-state index contributed by atoms with van der Waals surface area (Å²) in [4.78, 5) is 17.2. The van der Waals surface area contributed by atoms with Crippen LogP contribution >= 0.6 is 11.6 Å². The SMILES string of the molecule is CN(C)/C=C1\OC(=O)c2ccc(Cl)nc21. The fraction of sp³-hybridized carbons (Fsp3) is 0.200. The first-order valence-corrected chi connectivity index (χ1v) is 4.73. The van der Waals surface area contributed by atoms with Crippen molar-refractivity contribution in [2.75, 3.05) is 14.1 Å². The summed E-state index contributed by atoms with van der Waals surface area (Å²) in [7, 11) is 3.67. The fourth-order valence-electron chi connectivity index (χ4n) is 1.31. The molecule has 2 rings (SSSR count). The van der Waals surface area contributed by atoms with E-state index >= 15 is 0 Å². The van der Waals surface area contributed by atoms with Crippen molar-refractivity contribution in [2.24, 2.45) is 0 Å². The van der Waals surface area contributed by atoms with Crippen molar-refractivity contribution in [2.45, 2.75) is 0 Å². The lowest BCUT2D eigenvalue weighted by atomic mass is 10.2. The Balaban J connectivity index is 2.53. The topological polar surface area (TPSA) is 42.4 Å². The Bertz CT molecular complexity index is 455. The number of halogens is 1. The molecule has 78 valence electrons. The average molecular weight is 225 g/mol. The van der Waals surface area contributed by atoms with Crippen LogP contribution in [0.25, 0.3) is 5.76 Å². The molecule has 0 atom stereocenters. The molecule has 1 aliphatic rings. The number of carbonyl (C=O) groups excluding carboxylic acids is 1. The molecule has 0 saturated heterocycles. The highest BCUT2D eigenvalue weighted by molar-refractivity contribution is 6.29. The monoisotopic (exact) mass is 224 g/mol. The van der Waals surface area contributed by atoms with Crippen molar-refractivity contribution in [3.63, 3.8) is 0 Å². The Morgan fingerprint density at radius 1 is 1.47 bits per heavy atom. The number of esters is 1. The highest BCUT2D eigenvalue weighted by Crippen LogP contribution is 2.29. The molecular weight excluding hydrogens is 216 g/mol. The average Bonchev–Trinajstić information content (AvgIpc) is 2.42. The zero-order valence-electron chi connectivity index (χ0n) is 8.32. The minimum absolute atomic E-state index is 0.344. The van der Waals surface area contributed by atoms with Crippen LogP contribution in [0.15, 0.2) is 18.3 Å². The molecule has 5 heteroatoms. The molecule has 1 aromatic heterocycles. The minimum atomic E-state index is -0.387. The summed E-state index contributed by atoms with van der Waals surface area (Å²) in [6.07, 6.45) is 1.69. The van der Waals surface area contributed by atoms with E-state index in [1.165, 1.54) is 0 Å². The summed E-state index contributed by atoms with van der Waals surface area (Å²) in [6, 6.07) is 3.18. The van der Waals surface area contributed by atoms with Gasteiger partial charge in [-0.2, -0.15) is 0 Å². The van der Waals surface area contributed by atoms with Gasteiger partial charge in [0.1, 0.15) is 10.8 Å². The summed E-state index contributed by atoms with van der Waals surface area (Å²) in [6.45, 7) is 0. The Kier molecular flexibility index (Phi) is 2.36. The standard InChI is InChI=1S/C10H9ClN2O2/c1-13(2)5-7-9-6(10(14)15-7)3-4-8(11)12-9/h3-5H,1-2H3/b7-5-. The summed E-state index contributed by atoms with van der Waals surface area (Å²) < 4.78 is 5.06. The molecule has 0 fully saturated rings. The minimum Gasteiger partial charge on any atom is -0.419 e. The van der Waals surface area contributed by atoms with Gasteiger partial charge in [-0.3, -0.25) is 0 Å². The Labute approximate surface area is 92.1 Å². The molecule has 0 aromatic carbocycles. The van der Waals surface area contributed by atoms with E-state index in [1.54, 1.807) is 23.2 Å². The van der Waals surface area contributed by atoms with E-state index in [4.69, 9.17) is 16.3 Å². The summed E-state index contributed by atoms with van der Waals surface area (Å²) in [5.41, 5.74) is 0.953. The molecule has 1 aromatic rings. The van der Waals surface area contributed by atoms with E-state index in [-0.39, 0.29) is 5.97 Å². The number of ether oxygens (including phenoxy) is 1. The number of rotatable bonds is 1. The first kappa shape index (κ1) is 9.98. The summed E-state index contributed by atoms with van der Waals surface area (Å²) >= 11 is 5.75. The largest absolute Gasteiger partial charge is 0.419 e. The molecule has 15 heavy (non-hydrogen) atoms. The Hall–Kier alpha value is -1.55. The smallest absolute Gasteiger partial charge is 0.346 e. The van der Waals surface area contributed by atoms with Gasteiger partial charge in [0, 0.05) is 20.3 Å². The molecule has 0 unspecified atom stereocenters. The van der Waals surface area contributed by atoms with Crippen molar-refractivity contribution in [3.05, 3.63) is 34.7 Å². The maximum atomic E-state index is 11.4. The van der Waals surface area contributed by atoms with Crippen molar-refractivity contribution < 1.29 is 9.53 Å². The predicted molar refractivity (Wildman–Crippen MR) is 56.3 cm³/mol. The van der Waals surface area contributed by atoms with Crippen molar-refractivity contribution >= 4 is 23.3 Å². The molecule has 0 saturated carbocycles. The van der Waals surface area contributed by atoms with Crippen LogP contribution in [-0.4, -0.2) is 29.9 Å².